The van der Waals surface area contributed by atoms with Gasteiger partial charge in [-0.05, 0) is 29.9 Å². The summed E-state index contributed by atoms with van der Waals surface area (Å²) in [5, 5.41) is 3.53. The summed E-state index contributed by atoms with van der Waals surface area (Å²) in [4.78, 5) is 2.56. The molecule has 1 heterocycles. The largest absolute Gasteiger partial charge is 0.371 e. The van der Waals surface area contributed by atoms with Gasteiger partial charge in [0.2, 0.25) is 0 Å². The number of hydrogen-bond donors (Lipinski definition) is 1. The van der Waals surface area contributed by atoms with Gasteiger partial charge in [0.15, 0.2) is 0 Å². The second-order valence-corrected chi connectivity index (χ2v) is 6.82. The Hall–Kier alpha value is -1.02. The molecule has 1 aliphatic heterocycles. The fraction of sp³-hybridized carbons (Fsp3) is 0.647. The molecule has 19 heavy (non-hydrogen) atoms. The molecule has 1 fully saturated rings. The molecule has 0 radical (unpaired) electrons. The Kier molecular flexibility index (Phi) is 4.51. The van der Waals surface area contributed by atoms with Crippen LogP contribution >= 0.6 is 0 Å². The van der Waals surface area contributed by atoms with E-state index in [1.165, 1.54) is 37.2 Å². The molecule has 0 aromatic heterocycles. The minimum Gasteiger partial charge on any atom is -0.371 e. The van der Waals surface area contributed by atoms with E-state index in [9.17, 15) is 0 Å². The summed E-state index contributed by atoms with van der Waals surface area (Å²) in [6.07, 6.45) is 2.58. The van der Waals surface area contributed by atoms with Crippen LogP contribution in [0.3, 0.4) is 0 Å². The highest BCUT2D eigenvalue weighted by Crippen LogP contribution is 2.33. The number of rotatable bonds is 4. The minimum atomic E-state index is 0.516. The number of benzene rings is 1. The van der Waals surface area contributed by atoms with Crippen LogP contribution in [0.4, 0.5) is 5.69 Å². The van der Waals surface area contributed by atoms with E-state index in [2.05, 4.69) is 62.2 Å². The predicted octanol–water partition coefficient (Wildman–Crippen LogP) is 3.81. The van der Waals surface area contributed by atoms with Crippen molar-refractivity contribution in [2.45, 2.75) is 53.1 Å². The zero-order valence-electron chi connectivity index (χ0n) is 12.9. The molecule has 2 nitrogen and oxygen atoms in total. The summed E-state index contributed by atoms with van der Waals surface area (Å²) in [6, 6.07) is 9.37. The zero-order chi connectivity index (χ0) is 13.9. The molecule has 0 amide bonds. The molecule has 2 rings (SSSR count). The Morgan fingerprint density at radius 1 is 1.16 bits per heavy atom. The Bertz CT molecular complexity index is 399. The number of nitrogens with zero attached hydrogens (tertiary/aromatic N) is 1. The Morgan fingerprint density at radius 2 is 1.79 bits per heavy atom. The van der Waals surface area contributed by atoms with Crippen LogP contribution in [0.25, 0.3) is 0 Å². The Labute approximate surface area is 118 Å². The number of anilines is 1. The van der Waals surface area contributed by atoms with Crippen molar-refractivity contribution in [1.82, 2.24) is 5.32 Å². The van der Waals surface area contributed by atoms with Gasteiger partial charge in [-0.1, -0.05) is 45.9 Å². The van der Waals surface area contributed by atoms with Gasteiger partial charge in [-0.25, -0.2) is 0 Å². The number of hydrogen-bond acceptors (Lipinski definition) is 2. The van der Waals surface area contributed by atoms with Gasteiger partial charge in [0.25, 0.3) is 0 Å². The number of piperidine rings is 1. The van der Waals surface area contributed by atoms with E-state index in [1.807, 2.05) is 0 Å². The molecule has 1 saturated heterocycles. The monoisotopic (exact) mass is 260 g/mol. The molecular weight excluding hydrogens is 232 g/mol. The molecule has 0 spiro atoms. The van der Waals surface area contributed by atoms with Crippen molar-refractivity contribution in [2.24, 2.45) is 5.41 Å². The smallest absolute Gasteiger partial charge is 0.0411 e. The predicted molar refractivity (Wildman–Crippen MR) is 83.6 cm³/mol. The standard InChI is InChI=1S/C17H28N2/c1-14(2)18-13-15-7-5-6-8-16(15)19-11-9-17(3,4)10-12-19/h5-8,14,18H,9-13H2,1-4H3. The first-order valence-corrected chi connectivity index (χ1v) is 7.54. The van der Waals surface area contributed by atoms with Crippen molar-refractivity contribution in [3.63, 3.8) is 0 Å². The third-order valence-electron chi connectivity index (χ3n) is 4.15. The summed E-state index contributed by atoms with van der Waals surface area (Å²) in [5.74, 6) is 0. The van der Waals surface area contributed by atoms with Crippen LogP contribution < -0.4 is 10.2 Å². The van der Waals surface area contributed by atoms with Crippen molar-refractivity contribution in [1.29, 1.82) is 0 Å². The molecule has 0 unspecified atom stereocenters. The van der Waals surface area contributed by atoms with Crippen molar-refractivity contribution >= 4 is 5.69 Å². The van der Waals surface area contributed by atoms with E-state index in [4.69, 9.17) is 0 Å². The van der Waals surface area contributed by atoms with E-state index in [0.29, 0.717) is 11.5 Å². The van der Waals surface area contributed by atoms with Gasteiger partial charge in [-0.2, -0.15) is 0 Å². The lowest BCUT2D eigenvalue weighted by Crippen LogP contribution is -2.38. The highest BCUT2D eigenvalue weighted by molar-refractivity contribution is 5.54. The van der Waals surface area contributed by atoms with Crippen LogP contribution in [-0.4, -0.2) is 19.1 Å². The molecule has 1 aromatic rings. The van der Waals surface area contributed by atoms with E-state index >= 15 is 0 Å². The second kappa shape index (κ2) is 5.96. The van der Waals surface area contributed by atoms with Gasteiger partial charge in [0.1, 0.15) is 0 Å². The highest BCUT2D eigenvalue weighted by atomic mass is 15.1. The molecule has 0 aliphatic carbocycles. The summed E-state index contributed by atoms with van der Waals surface area (Å²) >= 11 is 0. The van der Waals surface area contributed by atoms with Gasteiger partial charge in [0.05, 0.1) is 0 Å². The summed E-state index contributed by atoms with van der Waals surface area (Å²) in [6.45, 7) is 12.5. The van der Waals surface area contributed by atoms with Crippen molar-refractivity contribution in [3.8, 4) is 0 Å². The van der Waals surface area contributed by atoms with Gasteiger partial charge in [-0.3, -0.25) is 0 Å². The second-order valence-electron chi connectivity index (χ2n) is 6.82. The van der Waals surface area contributed by atoms with E-state index in [0.717, 1.165) is 6.54 Å². The highest BCUT2D eigenvalue weighted by Gasteiger charge is 2.26. The third kappa shape index (κ3) is 3.97. The lowest BCUT2D eigenvalue weighted by molar-refractivity contribution is 0.279. The molecule has 0 atom stereocenters. The maximum absolute atomic E-state index is 3.53. The lowest BCUT2D eigenvalue weighted by Gasteiger charge is -2.39. The average Bonchev–Trinajstić information content (AvgIpc) is 2.37. The molecule has 2 heteroatoms. The van der Waals surface area contributed by atoms with Crippen LogP contribution in [0.15, 0.2) is 24.3 Å². The van der Waals surface area contributed by atoms with Gasteiger partial charge < -0.3 is 10.2 Å². The first-order valence-electron chi connectivity index (χ1n) is 7.54. The van der Waals surface area contributed by atoms with Crippen molar-refractivity contribution < 1.29 is 0 Å². The van der Waals surface area contributed by atoms with E-state index in [1.54, 1.807) is 0 Å². The SMILES string of the molecule is CC(C)NCc1ccccc1N1CCC(C)(C)CC1. The minimum absolute atomic E-state index is 0.516. The number of para-hydroxylation sites is 1. The topological polar surface area (TPSA) is 15.3 Å². The zero-order valence-corrected chi connectivity index (χ0v) is 12.9. The first kappa shape index (κ1) is 14.4. The molecule has 1 N–H and O–H groups in total. The molecule has 1 aliphatic rings. The summed E-state index contributed by atoms with van der Waals surface area (Å²) < 4.78 is 0. The molecule has 0 saturated carbocycles. The maximum atomic E-state index is 3.53. The van der Waals surface area contributed by atoms with Gasteiger partial charge >= 0.3 is 0 Å². The lowest BCUT2D eigenvalue weighted by atomic mass is 9.82. The normalized spacial score (nSPS) is 18.9. The van der Waals surface area contributed by atoms with Gasteiger partial charge in [0, 0.05) is 31.4 Å². The Balaban J connectivity index is 2.07. The van der Waals surface area contributed by atoms with Crippen molar-refractivity contribution in [2.75, 3.05) is 18.0 Å². The van der Waals surface area contributed by atoms with Crippen LogP contribution in [0, 0.1) is 5.41 Å². The fourth-order valence-corrected chi connectivity index (χ4v) is 2.64. The van der Waals surface area contributed by atoms with Crippen molar-refractivity contribution in [3.05, 3.63) is 29.8 Å². The van der Waals surface area contributed by atoms with Crippen LogP contribution in [0.2, 0.25) is 0 Å². The molecule has 106 valence electrons. The summed E-state index contributed by atoms with van der Waals surface area (Å²) in [7, 11) is 0. The third-order valence-corrected chi connectivity index (χ3v) is 4.15. The van der Waals surface area contributed by atoms with Crippen LogP contribution in [0.5, 0.6) is 0 Å². The fourth-order valence-electron chi connectivity index (χ4n) is 2.64. The number of nitrogens with one attached hydrogen (secondary N) is 1. The molecule has 0 bridgehead atoms. The molecule has 1 aromatic carbocycles. The van der Waals surface area contributed by atoms with E-state index < -0.39 is 0 Å². The van der Waals surface area contributed by atoms with Crippen LogP contribution in [0.1, 0.15) is 46.1 Å². The average molecular weight is 260 g/mol. The van der Waals surface area contributed by atoms with Crippen LogP contribution in [-0.2, 0) is 6.54 Å². The Morgan fingerprint density at radius 3 is 2.42 bits per heavy atom. The van der Waals surface area contributed by atoms with Gasteiger partial charge in [-0.15, -0.1) is 0 Å². The maximum Gasteiger partial charge on any atom is 0.0411 e. The van der Waals surface area contributed by atoms with E-state index in [-0.39, 0.29) is 0 Å². The quantitative estimate of drug-likeness (QED) is 0.885. The first-order chi connectivity index (χ1) is 8.98. The summed E-state index contributed by atoms with van der Waals surface area (Å²) in [5.41, 5.74) is 3.36. The molecular formula is C17H28N2.